The smallest absolute Gasteiger partial charge is 0.354 e. The van der Waals surface area contributed by atoms with Gasteiger partial charge in [-0.25, -0.2) is 19.6 Å². The molecule has 0 radical (unpaired) electrons. The SMILES string of the molecule is Cn1c(C(=O)O)cnc1CN1CCC(n2c(=O)[nH]c3cccnc32)C1. The molecule has 3 aromatic rings. The number of carbonyl (C=O) groups is 1. The molecule has 25 heavy (non-hydrogen) atoms. The highest BCUT2D eigenvalue weighted by atomic mass is 16.4. The second-order valence-electron chi connectivity index (χ2n) is 6.28. The van der Waals surface area contributed by atoms with Gasteiger partial charge in [0, 0.05) is 26.3 Å². The van der Waals surface area contributed by atoms with Gasteiger partial charge >= 0.3 is 11.7 Å². The van der Waals surface area contributed by atoms with Crippen molar-refractivity contribution in [1.82, 2.24) is 29.0 Å². The lowest BCUT2D eigenvalue weighted by Crippen LogP contribution is -2.27. The standard InChI is InChI=1S/C16H18N6O3/c1-20-12(15(23)24)7-18-13(20)9-21-6-4-10(8-21)22-14-11(19-16(22)25)3-2-5-17-14/h2-3,5,7,10H,4,6,8-9H2,1H3,(H,19,25)(H,23,24). The van der Waals surface area contributed by atoms with Crippen molar-refractivity contribution in [2.75, 3.05) is 13.1 Å². The minimum atomic E-state index is -0.989. The van der Waals surface area contributed by atoms with Crippen LogP contribution in [0.1, 0.15) is 28.8 Å². The van der Waals surface area contributed by atoms with E-state index in [0.717, 1.165) is 18.5 Å². The molecule has 0 saturated carbocycles. The van der Waals surface area contributed by atoms with E-state index in [4.69, 9.17) is 5.11 Å². The Balaban J connectivity index is 1.54. The minimum absolute atomic E-state index is 0.0374. The lowest BCUT2D eigenvalue weighted by molar-refractivity contribution is 0.0686. The van der Waals surface area contributed by atoms with Crippen LogP contribution in [0.4, 0.5) is 0 Å². The quantitative estimate of drug-likeness (QED) is 0.719. The van der Waals surface area contributed by atoms with Crippen LogP contribution in [0.3, 0.4) is 0 Å². The summed E-state index contributed by atoms with van der Waals surface area (Å²) < 4.78 is 3.31. The number of nitrogens with one attached hydrogen (secondary N) is 1. The third kappa shape index (κ3) is 2.62. The van der Waals surface area contributed by atoms with Crippen molar-refractivity contribution in [3.05, 3.63) is 46.5 Å². The van der Waals surface area contributed by atoms with Gasteiger partial charge < -0.3 is 14.7 Å². The predicted molar refractivity (Wildman–Crippen MR) is 89.5 cm³/mol. The highest BCUT2D eigenvalue weighted by Crippen LogP contribution is 2.24. The van der Waals surface area contributed by atoms with Crippen molar-refractivity contribution >= 4 is 17.1 Å². The van der Waals surface area contributed by atoms with Crippen LogP contribution in [0.5, 0.6) is 0 Å². The van der Waals surface area contributed by atoms with Gasteiger partial charge in [0.15, 0.2) is 5.65 Å². The van der Waals surface area contributed by atoms with Crippen LogP contribution >= 0.6 is 0 Å². The molecule has 3 aromatic heterocycles. The summed E-state index contributed by atoms with van der Waals surface area (Å²) in [6, 6.07) is 3.68. The Kier molecular flexibility index (Phi) is 3.65. The summed E-state index contributed by atoms with van der Waals surface area (Å²) in [6.45, 7) is 2.05. The highest BCUT2D eigenvalue weighted by Gasteiger charge is 2.28. The molecule has 1 aliphatic rings. The van der Waals surface area contributed by atoms with E-state index in [2.05, 4.69) is 19.9 Å². The van der Waals surface area contributed by atoms with Crippen LogP contribution in [0.15, 0.2) is 29.3 Å². The van der Waals surface area contributed by atoms with Crippen molar-refractivity contribution in [2.45, 2.75) is 19.0 Å². The van der Waals surface area contributed by atoms with Crippen molar-refractivity contribution in [2.24, 2.45) is 7.05 Å². The van der Waals surface area contributed by atoms with Gasteiger partial charge in [-0.1, -0.05) is 0 Å². The third-order valence-electron chi connectivity index (χ3n) is 4.76. The second kappa shape index (κ2) is 5.85. The molecule has 1 fully saturated rings. The largest absolute Gasteiger partial charge is 0.477 e. The Bertz CT molecular complexity index is 1000. The van der Waals surface area contributed by atoms with Crippen LogP contribution in [0.2, 0.25) is 0 Å². The van der Waals surface area contributed by atoms with E-state index >= 15 is 0 Å². The molecule has 9 heteroatoms. The molecule has 0 aliphatic carbocycles. The first kappa shape index (κ1) is 15.6. The second-order valence-corrected chi connectivity index (χ2v) is 6.28. The number of aromatic nitrogens is 5. The molecule has 1 saturated heterocycles. The van der Waals surface area contributed by atoms with E-state index in [1.54, 1.807) is 28.4 Å². The van der Waals surface area contributed by atoms with E-state index in [0.29, 0.717) is 24.6 Å². The molecule has 1 atom stereocenters. The van der Waals surface area contributed by atoms with Gasteiger partial charge in [-0.05, 0) is 18.6 Å². The number of likely N-dealkylation sites (tertiary alicyclic amines) is 1. The Labute approximate surface area is 142 Å². The number of hydrogen-bond acceptors (Lipinski definition) is 5. The number of imidazole rings is 2. The fourth-order valence-corrected chi connectivity index (χ4v) is 3.46. The minimum Gasteiger partial charge on any atom is -0.477 e. The number of carboxylic acids is 1. The summed E-state index contributed by atoms with van der Waals surface area (Å²) in [4.78, 5) is 37.0. The van der Waals surface area contributed by atoms with Gasteiger partial charge in [-0.15, -0.1) is 0 Å². The Hall–Kier alpha value is -2.94. The predicted octanol–water partition coefficient (Wildman–Crippen LogP) is 0.603. The topological polar surface area (TPSA) is 109 Å². The van der Waals surface area contributed by atoms with Crippen molar-refractivity contribution < 1.29 is 9.90 Å². The summed E-state index contributed by atoms with van der Waals surface area (Å²) in [7, 11) is 1.70. The summed E-state index contributed by atoms with van der Waals surface area (Å²) in [5, 5.41) is 9.12. The zero-order valence-corrected chi connectivity index (χ0v) is 13.7. The van der Waals surface area contributed by atoms with E-state index < -0.39 is 5.97 Å². The molecule has 0 aromatic carbocycles. The summed E-state index contributed by atoms with van der Waals surface area (Å²) >= 11 is 0. The maximum absolute atomic E-state index is 12.3. The molecule has 130 valence electrons. The van der Waals surface area contributed by atoms with Gasteiger partial charge in [-0.2, -0.15) is 0 Å². The molecule has 9 nitrogen and oxygen atoms in total. The third-order valence-corrected chi connectivity index (χ3v) is 4.76. The molecule has 4 heterocycles. The monoisotopic (exact) mass is 342 g/mol. The maximum atomic E-state index is 12.3. The molecule has 0 spiro atoms. The van der Waals surface area contributed by atoms with Gasteiger partial charge in [-0.3, -0.25) is 9.47 Å². The van der Waals surface area contributed by atoms with Crippen molar-refractivity contribution in [1.29, 1.82) is 0 Å². The Morgan fingerprint density at radius 3 is 3.04 bits per heavy atom. The number of aromatic amines is 1. The fraction of sp³-hybridized carbons (Fsp3) is 0.375. The van der Waals surface area contributed by atoms with Crippen LogP contribution in [0, 0.1) is 0 Å². The molecule has 2 N–H and O–H groups in total. The average Bonchev–Trinajstić information content (AvgIpc) is 3.25. The van der Waals surface area contributed by atoms with Gasteiger partial charge in [0.05, 0.1) is 24.3 Å². The van der Waals surface area contributed by atoms with E-state index in [9.17, 15) is 9.59 Å². The van der Waals surface area contributed by atoms with Crippen molar-refractivity contribution in [3.63, 3.8) is 0 Å². The number of pyridine rings is 1. The van der Waals surface area contributed by atoms with Crippen LogP contribution < -0.4 is 5.69 Å². The number of nitrogens with zero attached hydrogens (tertiary/aromatic N) is 5. The summed E-state index contributed by atoms with van der Waals surface area (Å²) in [5.74, 6) is -0.292. The van der Waals surface area contributed by atoms with Gasteiger partial charge in [0.25, 0.3) is 0 Å². The molecular weight excluding hydrogens is 324 g/mol. The van der Waals surface area contributed by atoms with Crippen LogP contribution in [0.25, 0.3) is 11.2 Å². The number of H-pyrrole nitrogens is 1. The molecule has 0 bridgehead atoms. The van der Waals surface area contributed by atoms with E-state index in [1.165, 1.54) is 6.20 Å². The Morgan fingerprint density at radius 2 is 2.28 bits per heavy atom. The van der Waals surface area contributed by atoms with E-state index in [-0.39, 0.29) is 17.4 Å². The number of hydrogen-bond donors (Lipinski definition) is 2. The lowest BCUT2D eigenvalue weighted by atomic mass is 10.2. The average molecular weight is 342 g/mol. The van der Waals surface area contributed by atoms with Gasteiger partial charge in [0.2, 0.25) is 0 Å². The zero-order chi connectivity index (χ0) is 17.6. The van der Waals surface area contributed by atoms with E-state index in [1.807, 2.05) is 6.07 Å². The molecule has 1 aliphatic heterocycles. The summed E-state index contributed by atoms with van der Waals surface area (Å²) in [5.41, 5.74) is 1.43. The Morgan fingerprint density at radius 1 is 1.44 bits per heavy atom. The molecule has 4 rings (SSSR count). The lowest BCUT2D eigenvalue weighted by Gasteiger charge is -2.16. The maximum Gasteiger partial charge on any atom is 0.354 e. The molecule has 1 unspecified atom stereocenters. The normalized spacial score (nSPS) is 18.2. The van der Waals surface area contributed by atoms with Crippen LogP contribution in [-0.4, -0.2) is 53.2 Å². The number of aromatic carboxylic acids is 1. The first-order chi connectivity index (χ1) is 12.0. The number of fused-ring (bicyclic) bond motifs is 1. The molecule has 0 amide bonds. The highest BCUT2D eigenvalue weighted by molar-refractivity contribution is 5.85. The summed E-state index contributed by atoms with van der Waals surface area (Å²) in [6.07, 6.45) is 3.89. The van der Waals surface area contributed by atoms with Crippen molar-refractivity contribution in [3.8, 4) is 0 Å². The first-order valence-corrected chi connectivity index (χ1v) is 8.06. The van der Waals surface area contributed by atoms with Crippen LogP contribution in [-0.2, 0) is 13.6 Å². The fourth-order valence-electron chi connectivity index (χ4n) is 3.46. The molecular formula is C16H18N6O3. The first-order valence-electron chi connectivity index (χ1n) is 8.06. The zero-order valence-electron chi connectivity index (χ0n) is 13.7. The number of carboxylic acid groups (broad SMARTS) is 1. The van der Waals surface area contributed by atoms with Gasteiger partial charge in [0.1, 0.15) is 11.5 Å². The number of rotatable bonds is 4.